The van der Waals surface area contributed by atoms with Crippen LogP contribution in [0.4, 0.5) is 5.69 Å². The van der Waals surface area contributed by atoms with Crippen LogP contribution in [0.15, 0.2) is 72.3 Å². The molecule has 2 N–H and O–H groups in total. The zero-order chi connectivity index (χ0) is 18.5. The van der Waals surface area contributed by atoms with Crippen LogP contribution in [0.25, 0.3) is 16.8 Å². The molecule has 0 atom stereocenters. The Bertz CT molecular complexity index is 1060. The summed E-state index contributed by atoms with van der Waals surface area (Å²) in [5.41, 5.74) is 1.23. The molecule has 1 amide bonds. The average Bonchev–Trinajstić information content (AvgIpc) is 2.66. The highest BCUT2D eigenvalue weighted by Crippen LogP contribution is 2.19. The third-order valence-electron chi connectivity index (χ3n) is 3.84. The second-order valence-electron chi connectivity index (χ2n) is 5.61. The number of aromatic carboxylic acids is 1. The minimum absolute atomic E-state index is 0.0683. The highest BCUT2D eigenvalue weighted by molar-refractivity contribution is 6.10. The molecule has 0 aromatic heterocycles. The van der Waals surface area contributed by atoms with Crippen molar-refractivity contribution in [3.8, 4) is 6.07 Å². The lowest BCUT2D eigenvalue weighted by Crippen LogP contribution is -2.13. The van der Waals surface area contributed by atoms with Gasteiger partial charge in [-0.05, 0) is 46.7 Å². The van der Waals surface area contributed by atoms with Crippen molar-refractivity contribution in [2.45, 2.75) is 0 Å². The molecule has 5 nitrogen and oxygen atoms in total. The molecule has 5 heteroatoms. The van der Waals surface area contributed by atoms with Crippen molar-refractivity contribution in [1.29, 1.82) is 5.26 Å². The second-order valence-corrected chi connectivity index (χ2v) is 5.61. The van der Waals surface area contributed by atoms with Crippen LogP contribution in [-0.4, -0.2) is 17.0 Å². The minimum Gasteiger partial charge on any atom is -0.478 e. The number of anilines is 1. The zero-order valence-electron chi connectivity index (χ0n) is 13.6. The molecular weight excluding hydrogens is 328 g/mol. The average molecular weight is 342 g/mol. The van der Waals surface area contributed by atoms with Crippen LogP contribution in [0.5, 0.6) is 0 Å². The number of nitrogens with one attached hydrogen (secondary N) is 1. The zero-order valence-corrected chi connectivity index (χ0v) is 13.6. The Morgan fingerprint density at radius 3 is 2.31 bits per heavy atom. The molecule has 0 aliphatic rings. The first kappa shape index (κ1) is 16.9. The van der Waals surface area contributed by atoms with E-state index in [1.165, 1.54) is 18.2 Å². The van der Waals surface area contributed by atoms with Gasteiger partial charge < -0.3 is 10.4 Å². The Kier molecular flexibility index (Phi) is 4.77. The van der Waals surface area contributed by atoms with Gasteiger partial charge in [0, 0.05) is 5.69 Å². The monoisotopic (exact) mass is 342 g/mol. The van der Waals surface area contributed by atoms with Crippen molar-refractivity contribution in [2.75, 3.05) is 5.32 Å². The second kappa shape index (κ2) is 7.32. The van der Waals surface area contributed by atoms with Crippen molar-refractivity contribution in [3.05, 3.63) is 83.4 Å². The molecule has 0 bridgehead atoms. The first-order valence-corrected chi connectivity index (χ1v) is 7.82. The van der Waals surface area contributed by atoms with Crippen LogP contribution in [0.1, 0.15) is 15.9 Å². The molecule has 0 heterocycles. The number of amides is 1. The van der Waals surface area contributed by atoms with Gasteiger partial charge in [-0.15, -0.1) is 0 Å². The summed E-state index contributed by atoms with van der Waals surface area (Å²) >= 11 is 0. The van der Waals surface area contributed by atoms with Gasteiger partial charge in [-0.1, -0.05) is 42.5 Å². The summed E-state index contributed by atoms with van der Waals surface area (Å²) in [5.74, 6) is -1.56. The van der Waals surface area contributed by atoms with E-state index >= 15 is 0 Å². The van der Waals surface area contributed by atoms with Crippen molar-refractivity contribution < 1.29 is 14.7 Å². The highest BCUT2D eigenvalue weighted by Gasteiger charge is 2.10. The largest absolute Gasteiger partial charge is 0.478 e. The lowest BCUT2D eigenvalue weighted by molar-refractivity contribution is -0.112. The molecule has 3 aromatic carbocycles. The molecular formula is C21H14N2O3. The van der Waals surface area contributed by atoms with Crippen molar-refractivity contribution in [3.63, 3.8) is 0 Å². The Morgan fingerprint density at radius 2 is 1.65 bits per heavy atom. The number of hydrogen-bond donors (Lipinski definition) is 2. The molecule has 0 unspecified atom stereocenters. The molecule has 126 valence electrons. The summed E-state index contributed by atoms with van der Waals surface area (Å²) in [6, 6.07) is 21.1. The lowest BCUT2D eigenvalue weighted by atomic mass is 10.1. The van der Waals surface area contributed by atoms with E-state index in [-0.39, 0.29) is 11.1 Å². The molecule has 0 fully saturated rings. The van der Waals surface area contributed by atoms with E-state index in [1.807, 2.05) is 42.5 Å². The summed E-state index contributed by atoms with van der Waals surface area (Å²) in [6.45, 7) is 0. The maximum atomic E-state index is 12.4. The van der Waals surface area contributed by atoms with E-state index in [4.69, 9.17) is 5.11 Å². The third-order valence-corrected chi connectivity index (χ3v) is 3.84. The van der Waals surface area contributed by atoms with Crippen LogP contribution < -0.4 is 5.32 Å². The van der Waals surface area contributed by atoms with Gasteiger partial charge in [-0.25, -0.2) is 4.79 Å². The third kappa shape index (κ3) is 3.77. The van der Waals surface area contributed by atoms with Gasteiger partial charge in [0.15, 0.2) is 0 Å². The molecule has 0 aliphatic carbocycles. The SMILES string of the molecule is N#CC(=Cc1ccc(C(=O)O)cc1)C(=O)Nc1ccc2ccccc2c1. The maximum Gasteiger partial charge on any atom is 0.335 e. The van der Waals surface area contributed by atoms with Crippen molar-refractivity contribution in [1.82, 2.24) is 0 Å². The van der Waals surface area contributed by atoms with E-state index in [0.717, 1.165) is 10.8 Å². The minimum atomic E-state index is -1.03. The van der Waals surface area contributed by atoms with Crippen molar-refractivity contribution in [2.24, 2.45) is 0 Å². The number of carbonyl (C=O) groups excluding carboxylic acids is 1. The summed E-state index contributed by atoms with van der Waals surface area (Å²) in [4.78, 5) is 23.2. The molecule has 0 saturated heterocycles. The van der Waals surface area contributed by atoms with E-state index in [2.05, 4.69) is 5.32 Å². The summed E-state index contributed by atoms with van der Waals surface area (Å²) in [6.07, 6.45) is 1.42. The van der Waals surface area contributed by atoms with E-state index in [1.54, 1.807) is 18.2 Å². The van der Waals surface area contributed by atoms with Crippen LogP contribution in [0.2, 0.25) is 0 Å². The quantitative estimate of drug-likeness (QED) is 0.552. The summed E-state index contributed by atoms with van der Waals surface area (Å²) in [5, 5.41) is 22.9. The van der Waals surface area contributed by atoms with Gasteiger partial charge >= 0.3 is 5.97 Å². The lowest BCUT2D eigenvalue weighted by Gasteiger charge is -2.06. The Hall–Kier alpha value is -3.91. The number of carboxylic acid groups (broad SMARTS) is 1. The normalized spacial score (nSPS) is 11.0. The summed E-state index contributed by atoms with van der Waals surface area (Å²) < 4.78 is 0. The van der Waals surface area contributed by atoms with Gasteiger partial charge in [0.1, 0.15) is 11.6 Å². The molecule has 0 spiro atoms. The number of benzene rings is 3. The molecule has 0 aliphatic heterocycles. The number of carbonyl (C=O) groups is 2. The predicted octanol–water partition coefficient (Wildman–Crippen LogP) is 4.08. The fourth-order valence-electron chi connectivity index (χ4n) is 2.50. The number of hydrogen-bond acceptors (Lipinski definition) is 3. The Balaban J connectivity index is 1.81. The summed E-state index contributed by atoms with van der Waals surface area (Å²) in [7, 11) is 0. The fraction of sp³-hybridized carbons (Fsp3) is 0. The molecule has 3 aromatic rings. The number of fused-ring (bicyclic) bond motifs is 1. The van der Waals surface area contributed by atoms with Crippen LogP contribution >= 0.6 is 0 Å². The first-order chi connectivity index (χ1) is 12.6. The number of rotatable bonds is 4. The van der Waals surface area contributed by atoms with Gasteiger partial charge in [-0.2, -0.15) is 5.26 Å². The Labute approximate surface area is 149 Å². The molecule has 0 radical (unpaired) electrons. The number of nitrogens with zero attached hydrogens (tertiary/aromatic N) is 1. The van der Waals surface area contributed by atoms with Crippen LogP contribution in [0.3, 0.4) is 0 Å². The topological polar surface area (TPSA) is 90.2 Å². The maximum absolute atomic E-state index is 12.4. The van der Waals surface area contributed by atoms with Gasteiger partial charge in [-0.3, -0.25) is 4.79 Å². The van der Waals surface area contributed by atoms with Gasteiger partial charge in [0.25, 0.3) is 5.91 Å². The molecule has 0 saturated carbocycles. The van der Waals surface area contributed by atoms with E-state index in [0.29, 0.717) is 11.3 Å². The van der Waals surface area contributed by atoms with E-state index < -0.39 is 11.9 Å². The van der Waals surface area contributed by atoms with E-state index in [9.17, 15) is 14.9 Å². The van der Waals surface area contributed by atoms with Crippen molar-refractivity contribution >= 4 is 34.4 Å². The molecule has 26 heavy (non-hydrogen) atoms. The number of nitriles is 1. The smallest absolute Gasteiger partial charge is 0.335 e. The standard InChI is InChI=1S/C21H14N2O3/c22-13-18(11-14-5-7-16(8-6-14)21(25)26)20(24)23-19-10-9-15-3-1-2-4-17(15)12-19/h1-12H,(H,23,24)(H,25,26). The van der Waals surface area contributed by atoms with Crippen LogP contribution in [0, 0.1) is 11.3 Å². The predicted molar refractivity (Wildman–Crippen MR) is 99.6 cm³/mol. The number of carboxylic acids is 1. The molecule has 3 rings (SSSR count). The van der Waals surface area contributed by atoms with Crippen LogP contribution in [-0.2, 0) is 4.79 Å². The Morgan fingerprint density at radius 1 is 0.962 bits per heavy atom. The fourth-order valence-corrected chi connectivity index (χ4v) is 2.50. The van der Waals surface area contributed by atoms with Gasteiger partial charge in [0.2, 0.25) is 0 Å². The van der Waals surface area contributed by atoms with Gasteiger partial charge in [0.05, 0.1) is 5.56 Å². The first-order valence-electron chi connectivity index (χ1n) is 7.82. The highest BCUT2D eigenvalue weighted by atomic mass is 16.4.